The first-order chi connectivity index (χ1) is 7.54. The first kappa shape index (κ1) is 19.8. The normalized spacial score (nSPS) is 10.8. The first-order valence-corrected chi connectivity index (χ1v) is 5.67. The Hall–Kier alpha value is -0.560. The molecule has 0 fully saturated rings. The number of carbonyl (C=O) groups is 1. The van der Waals surface area contributed by atoms with E-state index in [1.54, 1.807) is 20.0 Å². The van der Waals surface area contributed by atoms with Gasteiger partial charge < -0.3 is 15.6 Å². The molecule has 0 saturated carbocycles. The second-order valence-corrected chi connectivity index (χ2v) is 4.42. The van der Waals surface area contributed by atoms with Crippen molar-refractivity contribution in [3.63, 3.8) is 0 Å². The van der Waals surface area contributed by atoms with Crippen LogP contribution in [0.4, 0.5) is 5.69 Å². The van der Waals surface area contributed by atoms with E-state index in [9.17, 15) is 9.59 Å². The minimum atomic E-state index is -0.312. The van der Waals surface area contributed by atoms with E-state index in [2.05, 4.69) is 31.5 Å². The summed E-state index contributed by atoms with van der Waals surface area (Å²) in [6, 6.07) is 1.57. The summed E-state index contributed by atoms with van der Waals surface area (Å²) in [7, 11) is 1.77. The molecule has 5 nitrogen and oxygen atoms in total. The Labute approximate surface area is 126 Å². The third-order valence-corrected chi connectivity index (χ3v) is 2.54. The zero-order valence-corrected chi connectivity index (χ0v) is 13.2. The van der Waals surface area contributed by atoms with E-state index in [0.717, 1.165) is 0 Å². The smallest absolute Gasteiger partial charge is 0.271 e. The van der Waals surface area contributed by atoms with Gasteiger partial charge in [0.15, 0.2) is 0 Å². The largest absolute Gasteiger partial charge is 0.326 e. The summed E-state index contributed by atoms with van der Waals surface area (Å²) < 4.78 is 0.712. The molecular weight excluding hydrogens is 345 g/mol. The number of amides is 1. The molecule has 1 atom stereocenters. The van der Waals surface area contributed by atoms with Crippen molar-refractivity contribution in [2.75, 3.05) is 18.9 Å². The quantitative estimate of drug-likeness (QED) is 0.766. The minimum absolute atomic E-state index is 0. The molecule has 1 aromatic heterocycles. The van der Waals surface area contributed by atoms with Gasteiger partial charge in [-0.2, -0.15) is 0 Å². The summed E-state index contributed by atoms with van der Waals surface area (Å²) in [6.45, 7) is 2.36. The topological polar surface area (TPSA) is 74.0 Å². The predicted octanol–water partition coefficient (Wildman–Crippen LogP) is 1.77. The molecule has 1 aromatic rings. The Bertz CT molecular complexity index is 439. The van der Waals surface area contributed by atoms with Crippen molar-refractivity contribution in [2.24, 2.45) is 5.92 Å². The van der Waals surface area contributed by atoms with Crippen LogP contribution in [0.1, 0.15) is 6.92 Å². The third kappa shape index (κ3) is 5.86. The van der Waals surface area contributed by atoms with Crippen molar-refractivity contribution < 1.29 is 4.79 Å². The van der Waals surface area contributed by atoms with Crippen molar-refractivity contribution in [1.82, 2.24) is 10.3 Å². The van der Waals surface area contributed by atoms with Gasteiger partial charge in [0.05, 0.1) is 0 Å². The van der Waals surface area contributed by atoms with Crippen molar-refractivity contribution >= 4 is 52.3 Å². The fraction of sp³-hybridized carbons (Fsp3) is 0.400. The SMILES string of the molecule is CNCC(C)C(=O)Nc1cc(Br)c[nH]c1=O.Cl.Cl. The fourth-order valence-electron chi connectivity index (χ4n) is 1.21. The van der Waals surface area contributed by atoms with Gasteiger partial charge in [-0.1, -0.05) is 6.92 Å². The second kappa shape index (κ2) is 9.38. The van der Waals surface area contributed by atoms with Crippen molar-refractivity contribution in [3.8, 4) is 0 Å². The lowest BCUT2D eigenvalue weighted by molar-refractivity contribution is -0.119. The lowest BCUT2D eigenvalue weighted by Gasteiger charge is -2.10. The number of H-pyrrole nitrogens is 1. The van der Waals surface area contributed by atoms with Crippen LogP contribution in [0.3, 0.4) is 0 Å². The van der Waals surface area contributed by atoms with E-state index in [4.69, 9.17) is 0 Å². The number of anilines is 1. The molecule has 1 heterocycles. The number of aromatic nitrogens is 1. The highest BCUT2D eigenvalue weighted by atomic mass is 79.9. The van der Waals surface area contributed by atoms with E-state index in [1.807, 2.05) is 0 Å². The molecule has 0 saturated heterocycles. The molecule has 3 N–H and O–H groups in total. The van der Waals surface area contributed by atoms with Gasteiger partial charge in [-0.3, -0.25) is 9.59 Å². The average molecular weight is 361 g/mol. The molecule has 0 aliphatic heterocycles. The Morgan fingerprint density at radius 2 is 2.11 bits per heavy atom. The fourth-order valence-corrected chi connectivity index (χ4v) is 1.55. The zero-order valence-electron chi connectivity index (χ0n) is 9.95. The summed E-state index contributed by atoms with van der Waals surface area (Å²) in [4.78, 5) is 25.5. The Kier molecular flexibility index (Phi) is 10.3. The second-order valence-electron chi connectivity index (χ2n) is 3.51. The average Bonchev–Trinajstić information content (AvgIpc) is 2.23. The highest BCUT2D eigenvalue weighted by molar-refractivity contribution is 9.10. The van der Waals surface area contributed by atoms with Crippen LogP contribution >= 0.6 is 40.7 Å². The van der Waals surface area contributed by atoms with Gasteiger partial charge in [0.1, 0.15) is 5.69 Å². The molecule has 8 heteroatoms. The van der Waals surface area contributed by atoms with E-state index in [0.29, 0.717) is 11.0 Å². The molecule has 0 aromatic carbocycles. The molecule has 0 radical (unpaired) electrons. The monoisotopic (exact) mass is 359 g/mol. The molecular formula is C10H16BrCl2N3O2. The van der Waals surface area contributed by atoms with Crippen LogP contribution in [0.25, 0.3) is 0 Å². The maximum atomic E-state index is 11.6. The molecule has 1 amide bonds. The minimum Gasteiger partial charge on any atom is -0.326 e. The van der Waals surface area contributed by atoms with Crippen LogP contribution < -0.4 is 16.2 Å². The van der Waals surface area contributed by atoms with Crippen molar-refractivity contribution in [2.45, 2.75) is 6.92 Å². The van der Waals surface area contributed by atoms with Crippen molar-refractivity contribution in [3.05, 3.63) is 27.1 Å². The van der Waals surface area contributed by atoms with Crippen LogP contribution in [-0.4, -0.2) is 24.5 Å². The van der Waals surface area contributed by atoms with E-state index in [1.165, 1.54) is 6.20 Å². The van der Waals surface area contributed by atoms with Crippen LogP contribution in [0.5, 0.6) is 0 Å². The zero-order chi connectivity index (χ0) is 12.1. The summed E-state index contributed by atoms with van der Waals surface area (Å²) in [5, 5.41) is 5.49. The molecule has 1 unspecified atom stereocenters. The van der Waals surface area contributed by atoms with Crippen molar-refractivity contribution in [1.29, 1.82) is 0 Å². The predicted molar refractivity (Wildman–Crippen MR) is 81.0 cm³/mol. The number of halogens is 3. The standard InChI is InChI=1S/C10H14BrN3O2.2ClH/c1-6(4-12-2)9(15)14-8-3-7(11)5-13-10(8)16;;/h3,5-6,12H,4H2,1-2H3,(H,13,16)(H,14,15);2*1H. The molecule has 0 aliphatic carbocycles. The number of rotatable bonds is 4. The molecule has 1 rings (SSSR count). The van der Waals surface area contributed by atoms with E-state index >= 15 is 0 Å². The lowest BCUT2D eigenvalue weighted by atomic mass is 10.1. The van der Waals surface area contributed by atoms with E-state index < -0.39 is 0 Å². The molecule has 0 spiro atoms. The number of hydrogen-bond donors (Lipinski definition) is 3. The maximum Gasteiger partial charge on any atom is 0.271 e. The maximum absolute atomic E-state index is 11.6. The number of nitrogens with one attached hydrogen (secondary N) is 3. The van der Waals surface area contributed by atoms with E-state index in [-0.39, 0.29) is 47.9 Å². The van der Waals surface area contributed by atoms with Crippen LogP contribution in [0.15, 0.2) is 21.5 Å². The number of carbonyl (C=O) groups excluding carboxylic acids is 1. The molecule has 18 heavy (non-hydrogen) atoms. The Morgan fingerprint density at radius 3 is 2.67 bits per heavy atom. The van der Waals surface area contributed by atoms with Crippen LogP contribution in [0, 0.1) is 5.92 Å². The number of aromatic amines is 1. The van der Waals surface area contributed by atoms with Crippen LogP contribution in [0.2, 0.25) is 0 Å². The third-order valence-electron chi connectivity index (χ3n) is 2.08. The van der Waals surface area contributed by atoms with Gasteiger partial charge in [-0.25, -0.2) is 0 Å². The highest BCUT2D eigenvalue weighted by Gasteiger charge is 2.13. The number of pyridine rings is 1. The number of hydrogen-bond acceptors (Lipinski definition) is 3. The van der Waals surface area contributed by atoms with Crippen LogP contribution in [-0.2, 0) is 4.79 Å². The lowest BCUT2D eigenvalue weighted by Crippen LogP contribution is -2.30. The summed E-state index contributed by atoms with van der Waals surface area (Å²) in [5.74, 6) is -0.374. The van der Waals surface area contributed by atoms with Gasteiger partial charge in [-0.15, -0.1) is 24.8 Å². The summed E-state index contributed by atoms with van der Waals surface area (Å²) >= 11 is 3.22. The molecule has 0 aliphatic rings. The van der Waals surface area contributed by atoms with Gasteiger partial charge in [0.2, 0.25) is 5.91 Å². The molecule has 104 valence electrons. The van der Waals surface area contributed by atoms with Gasteiger partial charge in [0, 0.05) is 23.1 Å². The summed E-state index contributed by atoms with van der Waals surface area (Å²) in [6.07, 6.45) is 1.52. The summed E-state index contributed by atoms with van der Waals surface area (Å²) in [5.41, 5.74) is -0.0597. The van der Waals surface area contributed by atoms with Gasteiger partial charge in [0.25, 0.3) is 5.56 Å². The highest BCUT2D eigenvalue weighted by Crippen LogP contribution is 2.10. The Balaban J connectivity index is 0. The first-order valence-electron chi connectivity index (χ1n) is 4.88. The van der Waals surface area contributed by atoms with Gasteiger partial charge >= 0.3 is 0 Å². The molecule has 0 bridgehead atoms. The van der Waals surface area contributed by atoms with Gasteiger partial charge in [-0.05, 0) is 29.0 Å². The Morgan fingerprint density at radius 1 is 1.50 bits per heavy atom.